The normalized spacial score (nSPS) is 11.5. The molecule has 0 aliphatic rings. The van der Waals surface area contributed by atoms with Gasteiger partial charge in [-0.3, -0.25) is 0 Å². The number of hydrogen-bond acceptors (Lipinski definition) is 6. The zero-order valence-corrected chi connectivity index (χ0v) is 9.69. The van der Waals surface area contributed by atoms with Crippen molar-refractivity contribution in [1.29, 1.82) is 0 Å². The van der Waals surface area contributed by atoms with Gasteiger partial charge in [-0.15, -0.1) is 5.10 Å². The molecule has 0 radical (unpaired) electrons. The highest BCUT2D eigenvalue weighted by atomic mass is 16.5. The number of aromatic nitrogens is 4. The molecule has 2 aromatic rings. The molecule has 2 heterocycles. The highest BCUT2D eigenvalue weighted by molar-refractivity contribution is 5.93. The molecule has 8 heteroatoms. The molecule has 0 bridgehead atoms. The Balaban J connectivity index is 2.40. The SMILES string of the molecule is CCOc1cccnc1-n1cnc(/C(N)=N/O)n1. The van der Waals surface area contributed by atoms with Gasteiger partial charge in [0.1, 0.15) is 6.33 Å². The van der Waals surface area contributed by atoms with Crippen LogP contribution in [0.1, 0.15) is 12.7 Å². The lowest BCUT2D eigenvalue weighted by Gasteiger charge is -2.07. The van der Waals surface area contributed by atoms with E-state index in [-0.39, 0.29) is 11.7 Å². The first-order valence-corrected chi connectivity index (χ1v) is 5.24. The Bertz CT molecular complexity index is 565. The van der Waals surface area contributed by atoms with Gasteiger partial charge in [-0.05, 0) is 19.1 Å². The summed E-state index contributed by atoms with van der Waals surface area (Å²) in [6, 6.07) is 3.53. The van der Waals surface area contributed by atoms with Crippen LogP contribution in [0.2, 0.25) is 0 Å². The molecule has 0 aromatic carbocycles. The Morgan fingerprint density at radius 1 is 1.56 bits per heavy atom. The van der Waals surface area contributed by atoms with E-state index in [2.05, 4.69) is 20.2 Å². The van der Waals surface area contributed by atoms with Gasteiger partial charge in [-0.2, -0.15) is 4.68 Å². The zero-order valence-electron chi connectivity index (χ0n) is 9.69. The molecule has 0 amide bonds. The second kappa shape index (κ2) is 5.13. The van der Waals surface area contributed by atoms with Crippen LogP contribution >= 0.6 is 0 Å². The van der Waals surface area contributed by atoms with Crippen LogP contribution < -0.4 is 10.5 Å². The molecule has 0 saturated carbocycles. The van der Waals surface area contributed by atoms with E-state index >= 15 is 0 Å². The first-order valence-electron chi connectivity index (χ1n) is 5.24. The quantitative estimate of drug-likeness (QED) is 0.345. The number of hydrogen-bond donors (Lipinski definition) is 2. The number of nitrogens with zero attached hydrogens (tertiary/aromatic N) is 5. The summed E-state index contributed by atoms with van der Waals surface area (Å²) >= 11 is 0. The number of amidine groups is 1. The molecule has 2 rings (SSSR count). The van der Waals surface area contributed by atoms with Crippen LogP contribution in [0.15, 0.2) is 29.8 Å². The monoisotopic (exact) mass is 248 g/mol. The fraction of sp³-hybridized carbons (Fsp3) is 0.200. The summed E-state index contributed by atoms with van der Waals surface area (Å²) in [6.45, 7) is 2.39. The van der Waals surface area contributed by atoms with E-state index in [4.69, 9.17) is 15.7 Å². The Labute approximate surface area is 103 Å². The second-order valence-corrected chi connectivity index (χ2v) is 3.26. The topological polar surface area (TPSA) is 111 Å². The van der Waals surface area contributed by atoms with Gasteiger partial charge in [-0.1, -0.05) is 5.16 Å². The van der Waals surface area contributed by atoms with Crippen molar-refractivity contribution in [3.8, 4) is 11.6 Å². The average Bonchev–Trinajstić information content (AvgIpc) is 2.88. The van der Waals surface area contributed by atoms with Crippen LogP contribution in [-0.4, -0.2) is 37.4 Å². The number of ether oxygens (including phenoxy) is 1. The van der Waals surface area contributed by atoms with Crippen molar-refractivity contribution in [3.05, 3.63) is 30.5 Å². The van der Waals surface area contributed by atoms with Crippen LogP contribution in [0.4, 0.5) is 0 Å². The predicted octanol–water partition coefficient (Wildman–Crippen LogP) is 0.155. The van der Waals surface area contributed by atoms with Crippen LogP contribution in [-0.2, 0) is 0 Å². The molecule has 0 aliphatic heterocycles. The highest BCUT2D eigenvalue weighted by Gasteiger charge is 2.11. The van der Waals surface area contributed by atoms with Gasteiger partial charge < -0.3 is 15.7 Å². The van der Waals surface area contributed by atoms with Gasteiger partial charge in [-0.25, -0.2) is 9.97 Å². The molecular weight excluding hydrogens is 236 g/mol. The molecule has 18 heavy (non-hydrogen) atoms. The smallest absolute Gasteiger partial charge is 0.220 e. The molecule has 8 nitrogen and oxygen atoms in total. The van der Waals surface area contributed by atoms with Gasteiger partial charge in [0.15, 0.2) is 11.6 Å². The standard InChI is InChI=1S/C10H12N6O2/c1-2-18-7-4-3-5-12-10(7)16-6-13-9(14-16)8(11)15-17/h3-6,17H,2H2,1H3,(H2,11,15). The number of pyridine rings is 1. The number of oxime groups is 1. The zero-order chi connectivity index (χ0) is 13.0. The van der Waals surface area contributed by atoms with E-state index in [0.717, 1.165) is 0 Å². The molecule has 0 saturated heterocycles. The average molecular weight is 248 g/mol. The van der Waals surface area contributed by atoms with E-state index < -0.39 is 0 Å². The summed E-state index contributed by atoms with van der Waals surface area (Å²) in [4.78, 5) is 8.06. The molecule has 0 spiro atoms. The lowest BCUT2D eigenvalue weighted by atomic mass is 10.4. The Morgan fingerprint density at radius 2 is 2.39 bits per heavy atom. The van der Waals surface area contributed by atoms with E-state index in [9.17, 15) is 0 Å². The van der Waals surface area contributed by atoms with Crippen molar-refractivity contribution in [2.24, 2.45) is 10.9 Å². The lowest BCUT2D eigenvalue weighted by molar-refractivity contribution is 0.318. The number of nitrogens with two attached hydrogens (primary N) is 1. The summed E-state index contributed by atoms with van der Waals surface area (Å²) in [5.41, 5.74) is 5.39. The summed E-state index contributed by atoms with van der Waals surface area (Å²) in [7, 11) is 0. The van der Waals surface area contributed by atoms with Gasteiger partial charge in [0, 0.05) is 6.20 Å². The highest BCUT2D eigenvalue weighted by Crippen LogP contribution is 2.18. The number of rotatable bonds is 4. The molecule has 94 valence electrons. The van der Waals surface area contributed by atoms with Crippen molar-refractivity contribution in [1.82, 2.24) is 19.7 Å². The van der Waals surface area contributed by atoms with Gasteiger partial charge in [0.05, 0.1) is 6.61 Å². The Morgan fingerprint density at radius 3 is 3.11 bits per heavy atom. The van der Waals surface area contributed by atoms with E-state index in [1.807, 2.05) is 6.92 Å². The van der Waals surface area contributed by atoms with Crippen molar-refractivity contribution in [2.75, 3.05) is 6.61 Å². The maximum atomic E-state index is 8.54. The minimum absolute atomic E-state index is 0.116. The Kier molecular flexibility index (Phi) is 3.37. The Hall–Kier alpha value is -2.64. The molecule has 0 aliphatic carbocycles. The summed E-state index contributed by atoms with van der Waals surface area (Å²) in [5.74, 6) is 1.02. The predicted molar refractivity (Wildman–Crippen MR) is 62.8 cm³/mol. The molecule has 0 fully saturated rings. The van der Waals surface area contributed by atoms with Crippen molar-refractivity contribution >= 4 is 5.84 Å². The fourth-order valence-corrected chi connectivity index (χ4v) is 1.35. The van der Waals surface area contributed by atoms with Crippen LogP contribution in [0, 0.1) is 0 Å². The third-order valence-electron chi connectivity index (χ3n) is 2.10. The minimum Gasteiger partial charge on any atom is -0.490 e. The van der Waals surface area contributed by atoms with Crippen molar-refractivity contribution < 1.29 is 9.94 Å². The molecule has 0 atom stereocenters. The largest absolute Gasteiger partial charge is 0.490 e. The third kappa shape index (κ3) is 2.21. The maximum absolute atomic E-state index is 8.54. The summed E-state index contributed by atoms with van der Waals surface area (Å²) in [6.07, 6.45) is 3.03. The van der Waals surface area contributed by atoms with Gasteiger partial charge >= 0.3 is 0 Å². The lowest BCUT2D eigenvalue weighted by Crippen LogP contribution is -2.15. The first kappa shape index (κ1) is 11.8. The van der Waals surface area contributed by atoms with E-state index in [1.54, 1.807) is 18.3 Å². The van der Waals surface area contributed by atoms with Crippen molar-refractivity contribution in [3.63, 3.8) is 0 Å². The minimum atomic E-state index is -0.164. The molecule has 3 N–H and O–H groups in total. The van der Waals surface area contributed by atoms with Crippen molar-refractivity contribution in [2.45, 2.75) is 6.92 Å². The maximum Gasteiger partial charge on any atom is 0.220 e. The fourth-order valence-electron chi connectivity index (χ4n) is 1.35. The molecule has 0 unspecified atom stereocenters. The van der Waals surface area contributed by atoms with Crippen LogP contribution in [0.25, 0.3) is 5.82 Å². The van der Waals surface area contributed by atoms with Crippen LogP contribution in [0.3, 0.4) is 0 Å². The first-order chi connectivity index (χ1) is 8.76. The van der Waals surface area contributed by atoms with Crippen LogP contribution in [0.5, 0.6) is 5.75 Å². The summed E-state index contributed by atoms with van der Waals surface area (Å²) < 4.78 is 6.83. The van der Waals surface area contributed by atoms with Gasteiger partial charge in [0.25, 0.3) is 0 Å². The summed E-state index contributed by atoms with van der Waals surface area (Å²) in [5, 5.41) is 15.4. The van der Waals surface area contributed by atoms with Gasteiger partial charge in [0.2, 0.25) is 11.7 Å². The third-order valence-corrected chi connectivity index (χ3v) is 2.10. The molecular formula is C10H12N6O2. The van der Waals surface area contributed by atoms with E-state index in [0.29, 0.717) is 18.2 Å². The second-order valence-electron chi connectivity index (χ2n) is 3.26. The molecule has 2 aromatic heterocycles. The van der Waals surface area contributed by atoms with E-state index in [1.165, 1.54) is 11.0 Å².